The van der Waals surface area contributed by atoms with Crippen LogP contribution < -0.4 is 16.0 Å². The van der Waals surface area contributed by atoms with Crippen molar-refractivity contribution in [2.45, 2.75) is 77.4 Å². The number of hydrogen-bond donors (Lipinski definition) is 3. The minimum atomic E-state index is -0.974. The molecule has 0 saturated carbocycles. The molecule has 1 heterocycles. The van der Waals surface area contributed by atoms with Crippen molar-refractivity contribution >= 4 is 11.7 Å². The van der Waals surface area contributed by atoms with E-state index >= 15 is 0 Å². The van der Waals surface area contributed by atoms with E-state index in [1.807, 2.05) is 6.92 Å². The second kappa shape index (κ2) is 15.4. The number of likely N-dealkylation sites (N-methyl/N-ethyl adjacent to an activating group) is 1. The highest BCUT2D eigenvalue weighted by Crippen LogP contribution is 2.26. The van der Waals surface area contributed by atoms with Crippen molar-refractivity contribution in [3.63, 3.8) is 0 Å². The van der Waals surface area contributed by atoms with Crippen molar-refractivity contribution in [3.8, 4) is 5.69 Å². The van der Waals surface area contributed by atoms with Crippen molar-refractivity contribution in [2.24, 2.45) is 0 Å². The molecule has 3 aromatic rings. The lowest BCUT2D eigenvalue weighted by Crippen LogP contribution is -2.48. The van der Waals surface area contributed by atoms with Crippen molar-refractivity contribution in [1.82, 2.24) is 25.1 Å². The Hall–Kier alpha value is -3.28. The van der Waals surface area contributed by atoms with Gasteiger partial charge >= 0.3 is 0 Å². The van der Waals surface area contributed by atoms with Crippen LogP contribution >= 0.6 is 0 Å². The fourth-order valence-electron chi connectivity index (χ4n) is 5.52. The van der Waals surface area contributed by atoms with Gasteiger partial charge in [0.1, 0.15) is 18.0 Å². The van der Waals surface area contributed by atoms with Crippen LogP contribution in [0.2, 0.25) is 0 Å². The van der Waals surface area contributed by atoms with Crippen LogP contribution in [0, 0.1) is 23.3 Å². The van der Waals surface area contributed by atoms with Crippen molar-refractivity contribution in [1.29, 1.82) is 0 Å². The second-order valence-corrected chi connectivity index (χ2v) is 11.4. The summed E-state index contributed by atoms with van der Waals surface area (Å²) in [5, 5.41) is 9.48. The van der Waals surface area contributed by atoms with E-state index in [0.29, 0.717) is 61.2 Å². The maximum Gasteiger partial charge on any atom is 0.242 e. The molecule has 1 aliphatic carbocycles. The summed E-state index contributed by atoms with van der Waals surface area (Å²) in [5.41, 5.74) is 2.13. The largest absolute Gasteiger partial charge is 0.311 e. The predicted molar refractivity (Wildman–Crippen MR) is 160 cm³/mol. The molecule has 7 nitrogen and oxygen atoms in total. The number of hydrogen-bond acceptors (Lipinski definition) is 5. The summed E-state index contributed by atoms with van der Waals surface area (Å²) in [5.74, 6) is -3.07. The van der Waals surface area contributed by atoms with Gasteiger partial charge in [-0.2, -0.15) is 0 Å². The maximum atomic E-state index is 14.4. The van der Waals surface area contributed by atoms with E-state index in [1.54, 1.807) is 10.8 Å². The van der Waals surface area contributed by atoms with Crippen LogP contribution in [0.25, 0.3) is 5.69 Å². The maximum absolute atomic E-state index is 14.4. The first-order valence-electron chi connectivity index (χ1n) is 15.1. The third kappa shape index (κ3) is 8.87. The molecule has 0 bridgehead atoms. The Bertz CT molecular complexity index is 1380. The Kier molecular flexibility index (Phi) is 11.7. The molecule has 11 heteroatoms. The van der Waals surface area contributed by atoms with Gasteiger partial charge in [0, 0.05) is 37.8 Å². The number of nitrogens with one attached hydrogen (secondary N) is 3. The van der Waals surface area contributed by atoms with Crippen LogP contribution in [-0.4, -0.2) is 59.1 Å². The Morgan fingerprint density at radius 1 is 1.07 bits per heavy atom. The smallest absolute Gasteiger partial charge is 0.242 e. The molecule has 1 aliphatic rings. The predicted octanol–water partition coefficient (Wildman–Crippen LogP) is 5.50. The van der Waals surface area contributed by atoms with Crippen LogP contribution in [0.15, 0.2) is 36.8 Å². The molecule has 0 spiro atoms. The van der Waals surface area contributed by atoms with E-state index in [-0.39, 0.29) is 17.8 Å². The highest BCUT2D eigenvalue weighted by atomic mass is 19.2. The van der Waals surface area contributed by atoms with Gasteiger partial charge in [0.25, 0.3) is 0 Å². The first-order chi connectivity index (χ1) is 20.7. The lowest BCUT2D eigenvalue weighted by molar-refractivity contribution is -0.118. The number of benzene rings is 2. The highest BCUT2D eigenvalue weighted by molar-refractivity contribution is 5.94. The molecule has 43 heavy (non-hydrogen) atoms. The number of carbonyl (C=O) groups excluding carboxylic acids is 1. The number of carbonyl (C=O) groups is 1. The summed E-state index contributed by atoms with van der Waals surface area (Å²) in [6.07, 6.45) is 8.09. The van der Waals surface area contributed by atoms with Crippen LogP contribution in [-0.2, 0) is 24.2 Å². The third-order valence-corrected chi connectivity index (χ3v) is 7.91. The fourth-order valence-corrected chi connectivity index (χ4v) is 5.52. The van der Waals surface area contributed by atoms with Crippen LogP contribution in [0.3, 0.4) is 0 Å². The zero-order chi connectivity index (χ0) is 30.9. The van der Waals surface area contributed by atoms with E-state index in [9.17, 15) is 22.4 Å². The number of rotatable bonds is 15. The average molecular weight is 603 g/mol. The molecule has 0 aliphatic heterocycles. The van der Waals surface area contributed by atoms with Crippen molar-refractivity contribution in [2.75, 3.05) is 32.0 Å². The number of fused-ring (bicyclic) bond motifs is 1. The number of anilines is 1. The lowest BCUT2D eigenvalue weighted by Gasteiger charge is -2.29. The number of aryl methyl sites for hydroxylation is 1. The van der Waals surface area contributed by atoms with Gasteiger partial charge in [0.15, 0.2) is 17.5 Å². The van der Waals surface area contributed by atoms with Crippen LogP contribution in [0.4, 0.5) is 23.4 Å². The molecule has 0 radical (unpaired) electrons. The first-order valence-corrected chi connectivity index (χ1v) is 15.1. The quantitative estimate of drug-likeness (QED) is 0.158. The van der Waals surface area contributed by atoms with Crippen LogP contribution in [0.1, 0.15) is 62.6 Å². The van der Waals surface area contributed by atoms with Gasteiger partial charge in [0.2, 0.25) is 5.91 Å². The zero-order valence-electron chi connectivity index (χ0n) is 25.2. The van der Waals surface area contributed by atoms with Crippen molar-refractivity contribution in [3.05, 3.63) is 76.7 Å². The molecule has 234 valence electrons. The SMILES string of the molecule is CCCCN(C)CCNCc1cc(F)c(F)cc1-n1cnc(NC(=O)C(CCC)N[C@H]2CCc3cc(F)cc(F)c3C2)c1. The Morgan fingerprint density at radius 2 is 1.86 bits per heavy atom. The fraction of sp³-hybridized carbons (Fsp3) is 0.500. The van der Waals surface area contributed by atoms with Crippen molar-refractivity contribution < 1.29 is 22.4 Å². The number of aromatic nitrogens is 2. The minimum absolute atomic E-state index is 0.143. The molecule has 0 saturated heterocycles. The Labute approximate surface area is 251 Å². The van der Waals surface area contributed by atoms with E-state index in [4.69, 9.17) is 0 Å². The number of unbranched alkanes of at least 4 members (excludes halogenated alkanes) is 1. The summed E-state index contributed by atoms with van der Waals surface area (Å²) in [4.78, 5) is 19.8. The summed E-state index contributed by atoms with van der Waals surface area (Å²) in [6.45, 7) is 6.96. The summed E-state index contributed by atoms with van der Waals surface area (Å²) >= 11 is 0. The number of halogens is 4. The molecule has 2 atom stereocenters. The normalized spacial score (nSPS) is 15.5. The molecule has 1 unspecified atom stereocenters. The number of amides is 1. The molecule has 3 N–H and O–H groups in total. The third-order valence-electron chi connectivity index (χ3n) is 7.91. The molecule has 1 amide bonds. The Morgan fingerprint density at radius 3 is 2.63 bits per heavy atom. The number of nitrogens with zero attached hydrogens (tertiary/aromatic N) is 3. The van der Waals surface area contributed by atoms with E-state index in [1.165, 1.54) is 18.5 Å². The molecular weight excluding hydrogens is 560 g/mol. The molecule has 4 rings (SSSR count). The van der Waals surface area contributed by atoms with Gasteiger partial charge < -0.3 is 25.4 Å². The van der Waals surface area contributed by atoms with Gasteiger partial charge in [-0.3, -0.25) is 4.79 Å². The minimum Gasteiger partial charge on any atom is -0.311 e. The molecule has 2 aromatic carbocycles. The van der Waals surface area contributed by atoms with Gasteiger partial charge in [0.05, 0.1) is 17.9 Å². The Balaban J connectivity index is 1.40. The van der Waals surface area contributed by atoms with E-state index in [0.717, 1.165) is 44.5 Å². The lowest BCUT2D eigenvalue weighted by atomic mass is 9.87. The zero-order valence-corrected chi connectivity index (χ0v) is 25.2. The van der Waals surface area contributed by atoms with Crippen LogP contribution in [0.5, 0.6) is 0 Å². The monoisotopic (exact) mass is 602 g/mol. The average Bonchev–Trinajstić information content (AvgIpc) is 3.43. The summed E-state index contributed by atoms with van der Waals surface area (Å²) < 4.78 is 58.0. The highest BCUT2D eigenvalue weighted by Gasteiger charge is 2.27. The van der Waals surface area contributed by atoms with Gasteiger partial charge in [-0.1, -0.05) is 26.7 Å². The van der Waals surface area contributed by atoms with E-state index < -0.39 is 29.3 Å². The summed E-state index contributed by atoms with van der Waals surface area (Å²) in [6, 6.07) is 3.88. The number of imidazole rings is 1. The van der Waals surface area contributed by atoms with Gasteiger partial charge in [-0.15, -0.1) is 0 Å². The summed E-state index contributed by atoms with van der Waals surface area (Å²) in [7, 11) is 2.05. The topological polar surface area (TPSA) is 74.2 Å². The second-order valence-electron chi connectivity index (χ2n) is 11.4. The van der Waals surface area contributed by atoms with Gasteiger partial charge in [-0.05, 0) is 74.5 Å². The molecule has 1 aromatic heterocycles. The van der Waals surface area contributed by atoms with E-state index in [2.05, 4.69) is 39.8 Å². The molecular formula is C32H42F4N6O. The van der Waals surface area contributed by atoms with Gasteiger partial charge in [-0.25, -0.2) is 22.5 Å². The molecule has 0 fully saturated rings. The standard InChI is InChI=1S/C32H42F4N6O/c1-4-6-11-41(3)12-10-37-18-22-14-27(35)28(36)17-30(22)42-19-31(38-20-42)40-32(43)29(7-5-2)39-24-9-8-21-13-23(33)15-26(34)25(21)16-24/h13-15,17,19-20,24,29,37,39H,4-12,16,18H2,1-3H3,(H,40,43)/t24-,29?/m0/s1. The first kappa shape index (κ1) is 32.6.